The fourth-order valence-electron chi connectivity index (χ4n) is 2.83. The van der Waals surface area contributed by atoms with Crippen molar-refractivity contribution in [3.63, 3.8) is 0 Å². The Morgan fingerprint density at radius 3 is 2.50 bits per heavy atom. The summed E-state index contributed by atoms with van der Waals surface area (Å²) < 4.78 is 7.49. The van der Waals surface area contributed by atoms with Crippen LogP contribution in [0, 0.1) is 5.92 Å². The van der Waals surface area contributed by atoms with Crippen LogP contribution >= 0.6 is 15.9 Å². The molecule has 0 saturated heterocycles. The summed E-state index contributed by atoms with van der Waals surface area (Å²) in [6.07, 6.45) is 4.92. The molecule has 20 heavy (non-hydrogen) atoms. The van der Waals surface area contributed by atoms with Crippen LogP contribution in [0.4, 0.5) is 0 Å². The molecule has 0 spiro atoms. The average molecular weight is 340 g/mol. The van der Waals surface area contributed by atoms with Gasteiger partial charge in [-0.2, -0.15) is 0 Å². The molecular weight excluding hydrogens is 314 g/mol. The van der Waals surface area contributed by atoms with E-state index in [9.17, 15) is 0 Å². The molecule has 1 saturated carbocycles. The first-order valence-corrected chi connectivity index (χ1v) is 8.52. The Hall–Kier alpha value is -0.380. The first-order chi connectivity index (χ1) is 9.63. The highest BCUT2D eigenvalue weighted by molar-refractivity contribution is 9.10. The van der Waals surface area contributed by atoms with Crippen LogP contribution in [0.3, 0.4) is 0 Å². The van der Waals surface area contributed by atoms with E-state index in [2.05, 4.69) is 59.4 Å². The molecule has 1 aromatic carbocycles. The van der Waals surface area contributed by atoms with Crippen LogP contribution in [0.2, 0.25) is 0 Å². The summed E-state index contributed by atoms with van der Waals surface area (Å²) in [7, 11) is 0. The third-order valence-corrected chi connectivity index (χ3v) is 4.87. The SMILES string of the molecule is CCNCC1(OCc2ccc(Br)cc2)CCC(C)CC1. The van der Waals surface area contributed by atoms with Crippen molar-refractivity contribution in [1.29, 1.82) is 0 Å². The predicted octanol–water partition coefficient (Wildman–Crippen LogP) is 4.52. The van der Waals surface area contributed by atoms with Crippen molar-refractivity contribution in [2.75, 3.05) is 13.1 Å². The van der Waals surface area contributed by atoms with Gasteiger partial charge in [-0.3, -0.25) is 0 Å². The summed E-state index contributed by atoms with van der Waals surface area (Å²) >= 11 is 3.47. The standard InChI is InChI=1S/C17H26BrNO/c1-3-19-13-17(10-8-14(2)9-11-17)20-12-15-4-6-16(18)7-5-15/h4-7,14,19H,3,8-13H2,1-2H3. The first kappa shape index (κ1) is 16.0. The monoisotopic (exact) mass is 339 g/mol. The van der Waals surface area contributed by atoms with Gasteiger partial charge in [0.2, 0.25) is 0 Å². The third-order valence-electron chi connectivity index (χ3n) is 4.34. The van der Waals surface area contributed by atoms with E-state index in [1.54, 1.807) is 0 Å². The smallest absolute Gasteiger partial charge is 0.0811 e. The lowest BCUT2D eigenvalue weighted by Crippen LogP contribution is -2.45. The molecule has 0 aromatic heterocycles. The van der Waals surface area contributed by atoms with Gasteiger partial charge in [0.25, 0.3) is 0 Å². The summed E-state index contributed by atoms with van der Waals surface area (Å²) in [6, 6.07) is 8.43. The Bertz CT molecular complexity index is 390. The van der Waals surface area contributed by atoms with Crippen molar-refractivity contribution in [3.05, 3.63) is 34.3 Å². The third kappa shape index (κ3) is 4.57. The molecule has 0 aliphatic heterocycles. The van der Waals surface area contributed by atoms with Crippen LogP contribution in [0.15, 0.2) is 28.7 Å². The molecule has 0 atom stereocenters. The fraction of sp³-hybridized carbons (Fsp3) is 0.647. The number of hydrogen-bond donors (Lipinski definition) is 1. The van der Waals surface area contributed by atoms with Crippen LogP contribution in [-0.4, -0.2) is 18.7 Å². The Morgan fingerprint density at radius 2 is 1.90 bits per heavy atom. The van der Waals surface area contributed by atoms with E-state index >= 15 is 0 Å². The Kier molecular flexibility index (Phi) is 6.06. The first-order valence-electron chi connectivity index (χ1n) is 7.73. The van der Waals surface area contributed by atoms with E-state index in [4.69, 9.17) is 4.74 Å². The molecule has 0 amide bonds. The molecule has 0 radical (unpaired) electrons. The molecule has 1 aromatic rings. The van der Waals surface area contributed by atoms with Gasteiger partial charge < -0.3 is 10.1 Å². The van der Waals surface area contributed by atoms with Crippen molar-refractivity contribution in [2.24, 2.45) is 5.92 Å². The van der Waals surface area contributed by atoms with Gasteiger partial charge in [-0.15, -0.1) is 0 Å². The molecule has 1 fully saturated rings. The van der Waals surface area contributed by atoms with Crippen LogP contribution in [0.5, 0.6) is 0 Å². The summed E-state index contributed by atoms with van der Waals surface area (Å²) in [5, 5.41) is 3.49. The second-order valence-corrected chi connectivity index (χ2v) is 6.98. The van der Waals surface area contributed by atoms with E-state index in [-0.39, 0.29) is 5.60 Å². The Labute approximate surface area is 131 Å². The summed E-state index contributed by atoms with van der Waals surface area (Å²) in [5.74, 6) is 0.848. The van der Waals surface area contributed by atoms with Crippen molar-refractivity contribution < 1.29 is 4.74 Å². The Balaban J connectivity index is 1.95. The highest BCUT2D eigenvalue weighted by Crippen LogP contribution is 2.35. The number of halogens is 1. The van der Waals surface area contributed by atoms with Crippen LogP contribution in [0.25, 0.3) is 0 Å². The lowest BCUT2D eigenvalue weighted by atomic mass is 9.79. The molecular formula is C17H26BrNO. The average Bonchev–Trinajstić information content (AvgIpc) is 2.47. The zero-order valence-electron chi connectivity index (χ0n) is 12.6. The van der Waals surface area contributed by atoms with Crippen molar-refractivity contribution in [3.8, 4) is 0 Å². The van der Waals surface area contributed by atoms with Crippen molar-refractivity contribution in [1.82, 2.24) is 5.32 Å². The molecule has 2 nitrogen and oxygen atoms in total. The van der Waals surface area contributed by atoms with Crippen molar-refractivity contribution in [2.45, 2.75) is 51.7 Å². The van der Waals surface area contributed by atoms with E-state index in [0.29, 0.717) is 6.61 Å². The zero-order valence-corrected chi connectivity index (χ0v) is 14.2. The number of benzene rings is 1. The summed E-state index contributed by atoms with van der Waals surface area (Å²) in [6.45, 7) is 7.22. The van der Waals surface area contributed by atoms with Gasteiger partial charge >= 0.3 is 0 Å². The maximum absolute atomic E-state index is 6.37. The molecule has 112 valence electrons. The maximum atomic E-state index is 6.37. The number of rotatable bonds is 6. The highest BCUT2D eigenvalue weighted by atomic mass is 79.9. The van der Waals surface area contributed by atoms with Gasteiger partial charge in [0.1, 0.15) is 0 Å². The fourth-order valence-corrected chi connectivity index (χ4v) is 3.09. The van der Waals surface area contributed by atoms with Gasteiger partial charge in [0.15, 0.2) is 0 Å². The topological polar surface area (TPSA) is 21.3 Å². The minimum Gasteiger partial charge on any atom is -0.369 e. The van der Waals surface area contributed by atoms with Crippen LogP contribution in [0.1, 0.15) is 45.1 Å². The van der Waals surface area contributed by atoms with Gasteiger partial charge in [0.05, 0.1) is 12.2 Å². The van der Waals surface area contributed by atoms with Gasteiger partial charge in [0, 0.05) is 11.0 Å². The molecule has 0 bridgehead atoms. The highest BCUT2D eigenvalue weighted by Gasteiger charge is 2.34. The van der Waals surface area contributed by atoms with E-state index in [1.165, 1.54) is 31.2 Å². The van der Waals surface area contributed by atoms with Gasteiger partial charge in [-0.05, 0) is 55.8 Å². The van der Waals surface area contributed by atoms with E-state index < -0.39 is 0 Å². The second kappa shape index (κ2) is 7.58. The van der Waals surface area contributed by atoms with Crippen LogP contribution in [-0.2, 0) is 11.3 Å². The number of nitrogens with one attached hydrogen (secondary N) is 1. The van der Waals surface area contributed by atoms with Gasteiger partial charge in [-0.1, -0.05) is 41.9 Å². The largest absolute Gasteiger partial charge is 0.369 e. The van der Waals surface area contributed by atoms with Crippen LogP contribution < -0.4 is 5.32 Å². The minimum absolute atomic E-state index is 0.0373. The number of ether oxygens (including phenoxy) is 1. The lowest BCUT2D eigenvalue weighted by Gasteiger charge is -2.39. The molecule has 1 N–H and O–H groups in total. The lowest BCUT2D eigenvalue weighted by molar-refractivity contribution is -0.0847. The number of hydrogen-bond acceptors (Lipinski definition) is 2. The molecule has 3 heteroatoms. The predicted molar refractivity (Wildman–Crippen MR) is 87.8 cm³/mol. The van der Waals surface area contributed by atoms with E-state index in [0.717, 1.165) is 23.5 Å². The molecule has 1 aliphatic carbocycles. The normalized spacial score (nSPS) is 26.6. The van der Waals surface area contributed by atoms with E-state index in [1.807, 2.05) is 0 Å². The quantitative estimate of drug-likeness (QED) is 0.822. The molecule has 2 rings (SSSR count). The molecule has 1 aliphatic rings. The summed E-state index contributed by atoms with van der Waals surface area (Å²) in [4.78, 5) is 0. The zero-order chi connectivity index (χ0) is 14.4. The van der Waals surface area contributed by atoms with Crippen molar-refractivity contribution >= 4 is 15.9 Å². The minimum atomic E-state index is 0.0373. The van der Waals surface area contributed by atoms with Gasteiger partial charge in [-0.25, -0.2) is 0 Å². The molecule has 0 unspecified atom stereocenters. The number of likely N-dealkylation sites (N-methyl/N-ethyl adjacent to an activating group) is 1. The second-order valence-electron chi connectivity index (χ2n) is 6.06. The maximum Gasteiger partial charge on any atom is 0.0811 e. The Morgan fingerprint density at radius 1 is 1.25 bits per heavy atom. The molecule has 0 heterocycles. The summed E-state index contributed by atoms with van der Waals surface area (Å²) in [5.41, 5.74) is 1.29.